The minimum Gasteiger partial charge on any atom is -0.279 e. The third-order valence-electron chi connectivity index (χ3n) is 3.29. The molecule has 2 aliphatic rings. The minimum absolute atomic E-state index is 0.0340. The van der Waals surface area contributed by atoms with Gasteiger partial charge < -0.3 is 0 Å². The van der Waals surface area contributed by atoms with E-state index in [0.717, 1.165) is 6.42 Å². The largest absolute Gasteiger partial charge is 0.279 e. The molecule has 1 aliphatic carbocycles. The van der Waals surface area contributed by atoms with Crippen LogP contribution in [0.2, 0.25) is 0 Å². The Morgan fingerprint density at radius 1 is 1.14 bits per heavy atom. The van der Waals surface area contributed by atoms with Gasteiger partial charge in [0.15, 0.2) is 0 Å². The lowest BCUT2D eigenvalue weighted by molar-refractivity contribution is -0.139. The zero-order valence-electron chi connectivity index (χ0n) is 9.04. The summed E-state index contributed by atoms with van der Waals surface area (Å²) in [5.74, 6) is 0.576. The summed E-state index contributed by atoms with van der Waals surface area (Å²) in [6.07, 6.45) is 1.85. The second-order valence-electron chi connectivity index (χ2n) is 5.43. The molecular formula is C11H17NO2. The number of rotatable bonds is 1. The van der Waals surface area contributed by atoms with E-state index in [-0.39, 0.29) is 23.3 Å². The maximum Gasteiger partial charge on any atom is 0.229 e. The molecule has 0 spiro atoms. The average Bonchev–Trinajstić information content (AvgIpc) is 2.75. The second kappa shape index (κ2) is 2.81. The lowest BCUT2D eigenvalue weighted by atomic mass is 9.90. The van der Waals surface area contributed by atoms with Gasteiger partial charge in [-0.05, 0) is 17.8 Å². The summed E-state index contributed by atoms with van der Waals surface area (Å²) >= 11 is 0. The van der Waals surface area contributed by atoms with Crippen molar-refractivity contribution in [1.29, 1.82) is 0 Å². The molecule has 3 heteroatoms. The Morgan fingerprint density at radius 2 is 1.64 bits per heavy atom. The van der Waals surface area contributed by atoms with Gasteiger partial charge in [0.1, 0.15) is 0 Å². The van der Waals surface area contributed by atoms with Gasteiger partial charge in [-0.1, -0.05) is 20.8 Å². The first-order valence-corrected chi connectivity index (χ1v) is 5.26. The molecular weight excluding hydrogens is 178 g/mol. The van der Waals surface area contributed by atoms with Crippen LogP contribution in [0, 0.1) is 11.3 Å². The summed E-state index contributed by atoms with van der Waals surface area (Å²) in [5.41, 5.74) is 0.216. The van der Waals surface area contributed by atoms with Gasteiger partial charge in [0, 0.05) is 18.9 Å². The highest BCUT2D eigenvalue weighted by Crippen LogP contribution is 2.49. The smallest absolute Gasteiger partial charge is 0.229 e. The lowest BCUT2D eigenvalue weighted by Gasteiger charge is -2.21. The summed E-state index contributed by atoms with van der Waals surface area (Å²) in [6, 6.07) is 0.206. The number of carbonyl (C=O) groups is 2. The Morgan fingerprint density at radius 3 is 2.00 bits per heavy atom. The van der Waals surface area contributed by atoms with Crippen molar-refractivity contribution in [3.8, 4) is 0 Å². The number of amides is 2. The zero-order chi connectivity index (χ0) is 10.5. The third-order valence-corrected chi connectivity index (χ3v) is 3.29. The van der Waals surface area contributed by atoms with Crippen LogP contribution in [0.15, 0.2) is 0 Å². The van der Waals surface area contributed by atoms with Crippen LogP contribution in [0.4, 0.5) is 0 Å². The van der Waals surface area contributed by atoms with Gasteiger partial charge in [-0.2, -0.15) is 0 Å². The van der Waals surface area contributed by atoms with Gasteiger partial charge in [-0.25, -0.2) is 0 Å². The SMILES string of the molecule is CC(C)(C)C1CC1N1C(=O)CCC1=O. The number of imide groups is 1. The predicted molar refractivity (Wildman–Crippen MR) is 52.4 cm³/mol. The van der Waals surface area contributed by atoms with Crippen molar-refractivity contribution in [2.75, 3.05) is 0 Å². The summed E-state index contributed by atoms with van der Waals surface area (Å²) in [7, 11) is 0. The molecule has 0 aromatic heterocycles. The van der Waals surface area contributed by atoms with Gasteiger partial charge in [-0.3, -0.25) is 14.5 Å². The maximum absolute atomic E-state index is 11.4. The van der Waals surface area contributed by atoms with Crippen LogP contribution in [0.5, 0.6) is 0 Å². The average molecular weight is 195 g/mol. The van der Waals surface area contributed by atoms with Crippen molar-refractivity contribution in [2.45, 2.75) is 46.1 Å². The normalized spacial score (nSPS) is 32.6. The molecule has 1 saturated heterocycles. The molecule has 0 aromatic carbocycles. The van der Waals surface area contributed by atoms with E-state index >= 15 is 0 Å². The van der Waals surface area contributed by atoms with Crippen molar-refractivity contribution < 1.29 is 9.59 Å². The fourth-order valence-electron chi connectivity index (χ4n) is 2.36. The highest BCUT2D eigenvalue weighted by atomic mass is 16.2. The van der Waals surface area contributed by atoms with Crippen LogP contribution >= 0.6 is 0 Å². The molecule has 2 unspecified atom stereocenters. The number of hydrogen-bond donors (Lipinski definition) is 0. The molecule has 2 rings (SSSR count). The molecule has 2 atom stereocenters. The van der Waals surface area contributed by atoms with Gasteiger partial charge >= 0.3 is 0 Å². The fourth-order valence-corrected chi connectivity index (χ4v) is 2.36. The van der Waals surface area contributed by atoms with Gasteiger partial charge in [0.05, 0.1) is 0 Å². The molecule has 1 aliphatic heterocycles. The van der Waals surface area contributed by atoms with Crippen LogP contribution in [-0.2, 0) is 9.59 Å². The topological polar surface area (TPSA) is 37.4 Å². The number of likely N-dealkylation sites (tertiary alicyclic amines) is 1. The molecule has 2 amide bonds. The highest BCUT2D eigenvalue weighted by molar-refractivity contribution is 6.02. The van der Waals surface area contributed by atoms with Crippen LogP contribution in [0.1, 0.15) is 40.0 Å². The Labute approximate surface area is 84.5 Å². The second-order valence-corrected chi connectivity index (χ2v) is 5.43. The Bertz CT molecular complexity index is 274. The molecule has 0 radical (unpaired) electrons. The molecule has 78 valence electrons. The summed E-state index contributed by atoms with van der Waals surface area (Å²) in [6.45, 7) is 6.51. The Balaban J connectivity index is 2.06. The number of carbonyl (C=O) groups excluding carboxylic acids is 2. The van der Waals surface area contributed by atoms with Crippen molar-refractivity contribution >= 4 is 11.8 Å². The third kappa shape index (κ3) is 1.45. The van der Waals surface area contributed by atoms with Gasteiger partial charge in [0.25, 0.3) is 0 Å². The highest BCUT2D eigenvalue weighted by Gasteiger charge is 2.52. The van der Waals surface area contributed by atoms with Crippen LogP contribution in [0.25, 0.3) is 0 Å². The van der Waals surface area contributed by atoms with Gasteiger partial charge in [-0.15, -0.1) is 0 Å². The Hall–Kier alpha value is -0.860. The van der Waals surface area contributed by atoms with E-state index in [4.69, 9.17) is 0 Å². The first kappa shape index (κ1) is 9.69. The molecule has 0 N–H and O–H groups in total. The van der Waals surface area contributed by atoms with Crippen molar-refractivity contribution in [1.82, 2.24) is 4.90 Å². The number of nitrogens with zero attached hydrogens (tertiary/aromatic N) is 1. The van der Waals surface area contributed by atoms with Crippen LogP contribution in [0.3, 0.4) is 0 Å². The first-order chi connectivity index (χ1) is 6.41. The molecule has 1 heterocycles. The molecule has 0 aromatic rings. The standard InChI is InChI=1S/C11H17NO2/c1-11(2,3)7-6-8(7)12-9(13)4-5-10(12)14/h7-8H,4-6H2,1-3H3. The van der Waals surface area contributed by atoms with E-state index in [1.54, 1.807) is 0 Å². The van der Waals surface area contributed by atoms with Crippen molar-refractivity contribution in [2.24, 2.45) is 11.3 Å². The van der Waals surface area contributed by atoms with E-state index in [1.165, 1.54) is 4.90 Å². The Kier molecular flexibility index (Phi) is 1.95. The maximum atomic E-state index is 11.4. The number of hydrogen-bond acceptors (Lipinski definition) is 2. The van der Waals surface area contributed by atoms with Crippen molar-refractivity contribution in [3.05, 3.63) is 0 Å². The molecule has 3 nitrogen and oxygen atoms in total. The fraction of sp³-hybridized carbons (Fsp3) is 0.818. The van der Waals surface area contributed by atoms with E-state index in [9.17, 15) is 9.59 Å². The van der Waals surface area contributed by atoms with Crippen LogP contribution < -0.4 is 0 Å². The van der Waals surface area contributed by atoms with Crippen LogP contribution in [-0.4, -0.2) is 22.8 Å². The molecule has 0 bridgehead atoms. The quantitative estimate of drug-likeness (QED) is 0.595. The van der Waals surface area contributed by atoms with E-state index in [0.29, 0.717) is 18.8 Å². The van der Waals surface area contributed by atoms with E-state index in [1.807, 2.05) is 0 Å². The summed E-state index contributed by atoms with van der Waals surface area (Å²) < 4.78 is 0. The minimum atomic E-state index is 0.0340. The van der Waals surface area contributed by atoms with E-state index in [2.05, 4.69) is 20.8 Å². The molecule has 14 heavy (non-hydrogen) atoms. The monoisotopic (exact) mass is 195 g/mol. The summed E-state index contributed by atoms with van der Waals surface area (Å²) in [4.78, 5) is 24.4. The van der Waals surface area contributed by atoms with Gasteiger partial charge in [0.2, 0.25) is 11.8 Å². The first-order valence-electron chi connectivity index (χ1n) is 5.26. The lowest BCUT2D eigenvalue weighted by Crippen LogP contribution is -2.34. The molecule has 2 fully saturated rings. The molecule has 1 saturated carbocycles. The van der Waals surface area contributed by atoms with E-state index < -0.39 is 0 Å². The van der Waals surface area contributed by atoms with Crippen molar-refractivity contribution in [3.63, 3.8) is 0 Å². The summed E-state index contributed by atoms with van der Waals surface area (Å²) in [5, 5.41) is 0. The predicted octanol–water partition coefficient (Wildman–Crippen LogP) is 1.57. The zero-order valence-corrected chi connectivity index (χ0v) is 9.04.